The van der Waals surface area contributed by atoms with Crippen LogP contribution in [0.2, 0.25) is 0 Å². The molecule has 0 atom stereocenters. The molecule has 0 aliphatic carbocycles. The van der Waals surface area contributed by atoms with Gasteiger partial charge >= 0.3 is 0 Å². The maximum Gasteiger partial charge on any atom is 0.271 e. The third-order valence-corrected chi connectivity index (χ3v) is 3.37. The molecule has 92 valence electrons. The Bertz CT molecular complexity index is 570. The van der Waals surface area contributed by atoms with Crippen molar-refractivity contribution >= 4 is 23.5 Å². The molecule has 0 aliphatic heterocycles. The number of hydrogen-bond donors (Lipinski definition) is 1. The number of benzene rings is 1. The molecule has 1 aromatic carbocycles. The van der Waals surface area contributed by atoms with Gasteiger partial charge in [-0.3, -0.25) is 4.79 Å². The lowest BCUT2D eigenvalue weighted by Gasteiger charge is -1.99. The lowest BCUT2D eigenvalue weighted by atomic mass is 10.1. The molecule has 3 nitrogen and oxygen atoms in total. The summed E-state index contributed by atoms with van der Waals surface area (Å²) in [5.74, 6) is -0.195. The van der Waals surface area contributed by atoms with Gasteiger partial charge in [-0.05, 0) is 38.1 Å². The molecule has 0 radical (unpaired) electrons. The third-order valence-electron chi connectivity index (χ3n) is 2.43. The Hall–Kier alpha value is -1.94. The van der Waals surface area contributed by atoms with E-state index in [1.165, 1.54) is 4.88 Å². The predicted octanol–water partition coefficient (Wildman–Crippen LogP) is 3.13. The standard InChI is InChI=1S/C14H14N2OS/c1-10-3-6-12(7-4-10)14(17)16-15-9-13-8-5-11(2)18-13/h3-9H,1-2H3,(H,16,17). The predicted molar refractivity (Wildman–Crippen MR) is 75.3 cm³/mol. The van der Waals surface area contributed by atoms with Crippen LogP contribution in [0, 0.1) is 13.8 Å². The number of carbonyl (C=O) groups is 1. The van der Waals surface area contributed by atoms with Gasteiger partial charge in [-0.1, -0.05) is 17.7 Å². The SMILES string of the molecule is Cc1ccc(C(=O)NN=Cc2ccc(C)s2)cc1. The maximum atomic E-state index is 11.7. The van der Waals surface area contributed by atoms with E-state index in [0.29, 0.717) is 5.56 Å². The molecule has 2 rings (SSSR count). The van der Waals surface area contributed by atoms with Crippen LogP contribution >= 0.6 is 11.3 Å². The van der Waals surface area contributed by atoms with Crippen LogP contribution in [0.15, 0.2) is 41.5 Å². The summed E-state index contributed by atoms with van der Waals surface area (Å²) in [7, 11) is 0. The smallest absolute Gasteiger partial charge is 0.267 e. The van der Waals surface area contributed by atoms with Crippen molar-refractivity contribution in [3.8, 4) is 0 Å². The number of hydrogen-bond acceptors (Lipinski definition) is 3. The van der Waals surface area contributed by atoms with Crippen LogP contribution in [-0.2, 0) is 0 Å². The fourth-order valence-corrected chi connectivity index (χ4v) is 2.20. The molecule has 18 heavy (non-hydrogen) atoms. The number of nitrogens with zero attached hydrogens (tertiary/aromatic N) is 1. The van der Waals surface area contributed by atoms with Crippen LogP contribution < -0.4 is 5.43 Å². The zero-order chi connectivity index (χ0) is 13.0. The van der Waals surface area contributed by atoms with Crippen LogP contribution in [0.3, 0.4) is 0 Å². The number of carbonyl (C=O) groups excluding carboxylic acids is 1. The molecule has 0 saturated carbocycles. The quantitative estimate of drug-likeness (QED) is 0.667. The molecule has 0 fully saturated rings. The summed E-state index contributed by atoms with van der Waals surface area (Å²) < 4.78 is 0. The van der Waals surface area contributed by atoms with Crippen molar-refractivity contribution in [2.24, 2.45) is 5.10 Å². The molecule has 1 N–H and O–H groups in total. The molecule has 0 spiro atoms. The lowest BCUT2D eigenvalue weighted by molar-refractivity contribution is 0.0955. The van der Waals surface area contributed by atoms with E-state index in [0.717, 1.165) is 10.4 Å². The summed E-state index contributed by atoms with van der Waals surface area (Å²) in [6.45, 7) is 4.02. The highest BCUT2D eigenvalue weighted by Gasteiger charge is 2.02. The monoisotopic (exact) mass is 258 g/mol. The topological polar surface area (TPSA) is 41.5 Å². The van der Waals surface area contributed by atoms with Crippen molar-refractivity contribution in [3.05, 3.63) is 57.3 Å². The Morgan fingerprint density at radius 3 is 2.50 bits per heavy atom. The van der Waals surface area contributed by atoms with Gasteiger partial charge in [0.05, 0.1) is 6.21 Å². The van der Waals surface area contributed by atoms with Gasteiger partial charge in [-0.2, -0.15) is 5.10 Å². The summed E-state index contributed by atoms with van der Waals surface area (Å²) in [5.41, 5.74) is 4.25. The van der Waals surface area contributed by atoms with Gasteiger partial charge in [0.15, 0.2) is 0 Å². The Balaban J connectivity index is 1.96. The van der Waals surface area contributed by atoms with Crippen molar-refractivity contribution in [2.45, 2.75) is 13.8 Å². The second kappa shape index (κ2) is 5.60. The molecule has 0 bridgehead atoms. The summed E-state index contributed by atoms with van der Waals surface area (Å²) in [5, 5.41) is 3.94. The largest absolute Gasteiger partial charge is 0.271 e. The Kier molecular flexibility index (Phi) is 3.89. The zero-order valence-corrected chi connectivity index (χ0v) is 11.1. The molecular formula is C14H14N2OS. The molecule has 1 heterocycles. The van der Waals surface area contributed by atoms with E-state index in [1.54, 1.807) is 29.7 Å². The number of nitrogens with one attached hydrogen (secondary N) is 1. The Labute approximate surface area is 110 Å². The average Bonchev–Trinajstić information content (AvgIpc) is 2.76. The minimum Gasteiger partial charge on any atom is -0.267 e. The molecule has 1 aromatic heterocycles. The summed E-state index contributed by atoms with van der Waals surface area (Å²) in [6, 6.07) is 11.4. The van der Waals surface area contributed by atoms with Gasteiger partial charge in [0.2, 0.25) is 0 Å². The van der Waals surface area contributed by atoms with E-state index in [9.17, 15) is 4.79 Å². The van der Waals surface area contributed by atoms with E-state index in [1.807, 2.05) is 38.1 Å². The molecule has 1 amide bonds. The molecule has 0 aliphatic rings. The second-order valence-corrected chi connectivity index (χ2v) is 5.33. The van der Waals surface area contributed by atoms with Crippen molar-refractivity contribution < 1.29 is 4.79 Å². The number of amides is 1. The number of hydrazone groups is 1. The summed E-state index contributed by atoms with van der Waals surface area (Å²) >= 11 is 1.64. The van der Waals surface area contributed by atoms with E-state index in [-0.39, 0.29) is 5.91 Å². The molecule has 0 saturated heterocycles. The highest BCUT2D eigenvalue weighted by atomic mass is 32.1. The normalized spacial score (nSPS) is 10.8. The highest BCUT2D eigenvalue weighted by Crippen LogP contribution is 2.12. The van der Waals surface area contributed by atoms with Crippen molar-refractivity contribution in [2.75, 3.05) is 0 Å². The first-order valence-corrected chi connectivity index (χ1v) is 6.43. The molecule has 4 heteroatoms. The van der Waals surface area contributed by atoms with E-state index in [4.69, 9.17) is 0 Å². The molecule has 0 unspecified atom stereocenters. The maximum absolute atomic E-state index is 11.7. The fourth-order valence-electron chi connectivity index (χ4n) is 1.45. The van der Waals surface area contributed by atoms with Gasteiger partial charge in [0, 0.05) is 15.3 Å². The van der Waals surface area contributed by atoms with Gasteiger partial charge in [-0.25, -0.2) is 5.43 Å². The van der Waals surface area contributed by atoms with Crippen LogP contribution in [-0.4, -0.2) is 12.1 Å². The minimum absolute atomic E-state index is 0.195. The van der Waals surface area contributed by atoms with Gasteiger partial charge in [-0.15, -0.1) is 11.3 Å². The van der Waals surface area contributed by atoms with Crippen LogP contribution in [0.25, 0.3) is 0 Å². The van der Waals surface area contributed by atoms with Crippen LogP contribution in [0.1, 0.15) is 25.7 Å². The van der Waals surface area contributed by atoms with Crippen LogP contribution in [0.4, 0.5) is 0 Å². The fraction of sp³-hybridized carbons (Fsp3) is 0.143. The first-order chi connectivity index (χ1) is 8.65. The van der Waals surface area contributed by atoms with Crippen molar-refractivity contribution in [1.82, 2.24) is 5.43 Å². The minimum atomic E-state index is -0.195. The number of thiophene rings is 1. The first kappa shape index (κ1) is 12.5. The van der Waals surface area contributed by atoms with E-state index >= 15 is 0 Å². The van der Waals surface area contributed by atoms with Crippen LogP contribution in [0.5, 0.6) is 0 Å². The van der Waals surface area contributed by atoms with Gasteiger partial charge in [0.25, 0.3) is 5.91 Å². The Morgan fingerprint density at radius 1 is 1.17 bits per heavy atom. The summed E-state index contributed by atoms with van der Waals surface area (Å²) in [6.07, 6.45) is 1.66. The number of rotatable bonds is 3. The van der Waals surface area contributed by atoms with Crippen molar-refractivity contribution in [3.63, 3.8) is 0 Å². The van der Waals surface area contributed by atoms with Gasteiger partial charge in [0.1, 0.15) is 0 Å². The number of aryl methyl sites for hydroxylation is 2. The Morgan fingerprint density at radius 2 is 1.89 bits per heavy atom. The average molecular weight is 258 g/mol. The first-order valence-electron chi connectivity index (χ1n) is 5.61. The van der Waals surface area contributed by atoms with E-state index in [2.05, 4.69) is 10.5 Å². The van der Waals surface area contributed by atoms with Gasteiger partial charge < -0.3 is 0 Å². The molecular weight excluding hydrogens is 244 g/mol. The summed E-state index contributed by atoms with van der Waals surface area (Å²) in [4.78, 5) is 14.0. The third kappa shape index (κ3) is 3.28. The second-order valence-electron chi connectivity index (χ2n) is 4.01. The molecule has 2 aromatic rings. The van der Waals surface area contributed by atoms with Crippen molar-refractivity contribution in [1.29, 1.82) is 0 Å². The zero-order valence-electron chi connectivity index (χ0n) is 10.3. The highest BCUT2D eigenvalue weighted by molar-refractivity contribution is 7.13. The lowest BCUT2D eigenvalue weighted by Crippen LogP contribution is -2.17. The van der Waals surface area contributed by atoms with E-state index < -0.39 is 0 Å².